The molecule has 0 aliphatic rings. The highest BCUT2D eigenvalue weighted by molar-refractivity contribution is 7.93. The number of rotatable bonds is 7. The van der Waals surface area contributed by atoms with Crippen molar-refractivity contribution in [3.8, 4) is 17.2 Å². The molecule has 3 aromatic rings. The first-order chi connectivity index (χ1) is 14.8. The van der Waals surface area contributed by atoms with E-state index in [-0.39, 0.29) is 21.9 Å². The monoisotopic (exact) mass is 445 g/mol. The van der Waals surface area contributed by atoms with Crippen molar-refractivity contribution in [1.82, 2.24) is 0 Å². The molecule has 9 heteroatoms. The fourth-order valence-corrected chi connectivity index (χ4v) is 4.44. The molecule has 0 saturated heterocycles. The molecule has 0 bridgehead atoms. The third-order valence-corrected chi connectivity index (χ3v) is 6.22. The lowest BCUT2D eigenvalue weighted by atomic mass is 10.2. The van der Waals surface area contributed by atoms with E-state index in [0.29, 0.717) is 15.8 Å². The number of amides is 1. The van der Waals surface area contributed by atoms with E-state index >= 15 is 0 Å². The van der Waals surface area contributed by atoms with Crippen molar-refractivity contribution < 1.29 is 31.8 Å². The lowest BCUT2D eigenvalue weighted by Crippen LogP contribution is -2.37. The standard InChI is InChI=1S/C22H20FNO6S/c1-28-18-10-8-17(9-11-18)24(22(25)15-4-6-16(23)7-5-15)31(26,27)21-13-12-19(29-2)14-20(21)30-3/h4-14H,1-3H3. The molecule has 0 spiro atoms. The Hall–Kier alpha value is -3.59. The van der Waals surface area contributed by atoms with Crippen LogP contribution in [0.15, 0.2) is 71.6 Å². The lowest BCUT2D eigenvalue weighted by Gasteiger charge is -2.24. The van der Waals surface area contributed by atoms with Gasteiger partial charge in [-0.25, -0.2) is 12.8 Å². The Morgan fingerprint density at radius 1 is 0.806 bits per heavy atom. The van der Waals surface area contributed by atoms with E-state index in [1.54, 1.807) is 0 Å². The summed E-state index contributed by atoms with van der Waals surface area (Å²) >= 11 is 0. The number of carbonyl (C=O) groups is 1. The number of benzene rings is 3. The third kappa shape index (κ3) is 4.46. The molecule has 0 aliphatic heterocycles. The Kier molecular flexibility index (Phi) is 6.45. The van der Waals surface area contributed by atoms with E-state index in [1.165, 1.54) is 75.9 Å². The summed E-state index contributed by atoms with van der Waals surface area (Å²) in [5, 5.41) is 0. The van der Waals surface area contributed by atoms with Crippen molar-refractivity contribution in [2.45, 2.75) is 4.90 Å². The van der Waals surface area contributed by atoms with Gasteiger partial charge in [-0.15, -0.1) is 0 Å². The molecule has 0 fully saturated rings. The maximum Gasteiger partial charge on any atom is 0.274 e. The highest BCUT2D eigenvalue weighted by Gasteiger charge is 2.34. The summed E-state index contributed by atoms with van der Waals surface area (Å²) in [4.78, 5) is 13.0. The largest absolute Gasteiger partial charge is 0.497 e. The molecule has 7 nitrogen and oxygen atoms in total. The lowest BCUT2D eigenvalue weighted by molar-refractivity contribution is 0.101. The van der Waals surface area contributed by atoms with Crippen LogP contribution < -0.4 is 18.5 Å². The van der Waals surface area contributed by atoms with Gasteiger partial charge in [0.1, 0.15) is 28.0 Å². The van der Waals surface area contributed by atoms with E-state index < -0.39 is 21.7 Å². The summed E-state index contributed by atoms with van der Waals surface area (Å²) in [5.74, 6) is -0.533. The minimum Gasteiger partial charge on any atom is -0.497 e. The molecule has 0 heterocycles. The average molecular weight is 445 g/mol. The Labute approximate surface area is 179 Å². The second kappa shape index (κ2) is 9.05. The Morgan fingerprint density at radius 2 is 1.39 bits per heavy atom. The smallest absolute Gasteiger partial charge is 0.274 e. The minimum atomic E-state index is -4.43. The molecule has 0 atom stereocenters. The van der Waals surface area contributed by atoms with Crippen LogP contribution in [-0.4, -0.2) is 35.7 Å². The summed E-state index contributed by atoms with van der Waals surface area (Å²) in [7, 11) is -0.215. The van der Waals surface area contributed by atoms with Crippen molar-refractivity contribution in [2.75, 3.05) is 25.6 Å². The summed E-state index contributed by atoms with van der Waals surface area (Å²) < 4.78 is 56.7. The molecule has 0 aliphatic carbocycles. The molecule has 0 N–H and O–H groups in total. The maximum atomic E-state index is 13.6. The number of hydrogen-bond donors (Lipinski definition) is 0. The highest BCUT2D eigenvalue weighted by atomic mass is 32.2. The van der Waals surface area contributed by atoms with Gasteiger partial charge in [-0.2, -0.15) is 4.31 Å². The zero-order chi connectivity index (χ0) is 22.6. The van der Waals surface area contributed by atoms with Gasteiger partial charge < -0.3 is 14.2 Å². The SMILES string of the molecule is COc1ccc(N(C(=O)c2ccc(F)cc2)S(=O)(=O)c2ccc(OC)cc2OC)cc1. The third-order valence-electron chi connectivity index (χ3n) is 4.47. The van der Waals surface area contributed by atoms with Crippen LogP contribution in [-0.2, 0) is 10.0 Å². The minimum absolute atomic E-state index is 0.00441. The van der Waals surface area contributed by atoms with Crippen molar-refractivity contribution in [1.29, 1.82) is 0 Å². The number of halogens is 1. The molecule has 1 amide bonds. The van der Waals surface area contributed by atoms with Crippen molar-refractivity contribution in [2.24, 2.45) is 0 Å². The normalized spacial score (nSPS) is 11.0. The topological polar surface area (TPSA) is 82.1 Å². The van der Waals surface area contributed by atoms with Crippen LogP contribution in [0.2, 0.25) is 0 Å². The predicted molar refractivity (Wildman–Crippen MR) is 113 cm³/mol. The van der Waals surface area contributed by atoms with Gasteiger partial charge in [0.2, 0.25) is 0 Å². The van der Waals surface area contributed by atoms with Gasteiger partial charge in [0.05, 0.1) is 27.0 Å². The summed E-state index contributed by atoms with van der Waals surface area (Å²) in [5.41, 5.74) is 0.0706. The second-order valence-corrected chi connectivity index (χ2v) is 8.05. The van der Waals surface area contributed by atoms with Crippen LogP contribution in [0, 0.1) is 5.82 Å². The van der Waals surface area contributed by atoms with Crippen molar-refractivity contribution >= 4 is 21.6 Å². The number of methoxy groups -OCH3 is 3. The van der Waals surface area contributed by atoms with Crippen LogP contribution >= 0.6 is 0 Å². The molecular weight excluding hydrogens is 425 g/mol. The second-order valence-electron chi connectivity index (χ2n) is 6.30. The predicted octanol–water partition coefficient (Wildman–Crippen LogP) is 3.89. The van der Waals surface area contributed by atoms with E-state index in [4.69, 9.17) is 14.2 Å². The first kappa shape index (κ1) is 22.1. The summed E-state index contributed by atoms with van der Waals surface area (Å²) in [6.45, 7) is 0. The van der Waals surface area contributed by atoms with Crippen LogP contribution in [0.5, 0.6) is 17.2 Å². The van der Waals surface area contributed by atoms with Gasteiger partial charge in [-0.1, -0.05) is 0 Å². The van der Waals surface area contributed by atoms with Gasteiger partial charge in [0.25, 0.3) is 15.9 Å². The molecule has 0 aromatic heterocycles. The number of hydrogen-bond acceptors (Lipinski definition) is 6. The van der Waals surface area contributed by atoms with E-state index in [1.807, 2.05) is 0 Å². The van der Waals surface area contributed by atoms with E-state index in [2.05, 4.69) is 0 Å². The first-order valence-electron chi connectivity index (χ1n) is 9.03. The van der Waals surface area contributed by atoms with Gasteiger partial charge in [-0.3, -0.25) is 4.79 Å². The zero-order valence-corrected chi connectivity index (χ0v) is 17.9. The Morgan fingerprint density at radius 3 is 1.94 bits per heavy atom. The van der Waals surface area contributed by atoms with Gasteiger partial charge in [0, 0.05) is 11.6 Å². The van der Waals surface area contributed by atoms with E-state index in [0.717, 1.165) is 12.1 Å². The average Bonchev–Trinajstić information content (AvgIpc) is 2.79. The number of sulfonamides is 1. The molecule has 0 radical (unpaired) electrons. The quantitative estimate of drug-likeness (QED) is 0.549. The number of ether oxygens (including phenoxy) is 3. The molecule has 3 aromatic carbocycles. The van der Waals surface area contributed by atoms with Gasteiger partial charge >= 0.3 is 0 Å². The highest BCUT2D eigenvalue weighted by Crippen LogP contribution is 2.34. The molecule has 3 rings (SSSR count). The number of carbonyl (C=O) groups excluding carboxylic acids is 1. The molecule has 0 saturated carbocycles. The number of nitrogens with zero attached hydrogens (tertiary/aromatic N) is 1. The van der Waals surface area contributed by atoms with Crippen molar-refractivity contribution in [3.63, 3.8) is 0 Å². The fraction of sp³-hybridized carbons (Fsp3) is 0.136. The summed E-state index contributed by atoms with van der Waals surface area (Å²) in [6.07, 6.45) is 0. The number of anilines is 1. The summed E-state index contributed by atoms with van der Waals surface area (Å²) in [6, 6.07) is 14.7. The van der Waals surface area contributed by atoms with Crippen LogP contribution in [0.1, 0.15) is 10.4 Å². The molecular formula is C22H20FNO6S. The maximum absolute atomic E-state index is 13.6. The van der Waals surface area contributed by atoms with Crippen molar-refractivity contribution in [3.05, 3.63) is 78.1 Å². The Balaban J connectivity index is 2.19. The first-order valence-corrected chi connectivity index (χ1v) is 10.5. The van der Waals surface area contributed by atoms with E-state index in [9.17, 15) is 17.6 Å². The zero-order valence-electron chi connectivity index (χ0n) is 17.0. The Bertz CT molecular complexity index is 1180. The fourth-order valence-electron chi connectivity index (χ4n) is 2.88. The molecule has 31 heavy (non-hydrogen) atoms. The molecule has 0 unspecified atom stereocenters. The van der Waals surface area contributed by atoms with Crippen LogP contribution in [0.3, 0.4) is 0 Å². The van der Waals surface area contributed by atoms with Crippen LogP contribution in [0.4, 0.5) is 10.1 Å². The van der Waals surface area contributed by atoms with Gasteiger partial charge in [0.15, 0.2) is 0 Å². The molecule has 162 valence electrons. The van der Waals surface area contributed by atoms with Gasteiger partial charge in [-0.05, 0) is 60.7 Å². The van der Waals surface area contributed by atoms with Crippen LogP contribution in [0.25, 0.3) is 0 Å².